The second kappa shape index (κ2) is 8.22. The Kier molecular flexibility index (Phi) is 6.91. The van der Waals surface area contributed by atoms with Gasteiger partial charge in [0.05, 0.1) is 10.7 Å². The molecule has 1 aromatic rings. The van der Waals surface area contributed by atoms with Crippen LogP contribution in [-0.2, 0) is 4.74 Å². The van der Waals surface area contributed by atoms with Crippen molar-refractivity contribution < 1.29 is 4.74 Å². The molecule has 0 radical (unpaired) electrons. The molecule has 0 saturated heterocycles. The number of hydrogen-bond acceptors (Lipinski definition) is 3. The molecule has 0 aliphatic carbocycles. The van der Waals surface area contributed by atoms with E-state index in [-0.39, 0.29) is 0 Å². The van der Waals surface area contributed by atoms with Crippen LogP contribution in [0.2, 0.25) is 5.02 Å². The summed E-state index contributed by atoms with van der Waals surface area (Å²) < 4.78 is 5.50. The van der Waals surface area contributed by atoms with Crippen LogP contribution in [0, 0.1) is 6.92 Å². The Morgan fingerprint density at radius 1 is 1.28 bits per heavy atom. The maximum absolute atomic E-state index is 5.99. The topological polar surface area (TPSA) is 47.3 Å². The van der Waals surface area contributed by atoms with Gasteiger partial charge >= 0.3 is 0 Å². The fraction of sp³-hybridized carbons (Fsp3) is 0.571. The van der Waals surface area contributed by atoms with E-state index < -0.39 is 0 Å². The van der Waals surface area contributed by atoms with Gasteiger partial charge in [0.15, 0.2) is 0 Å². The van der Waals surface area contributed by atoms with Gasteiger partial charge < -0.3 is 15.8 Å². The molecule has 4 heteroatoms. The number of anilines is 2. The summed E-state index contributed by atoms with van der Waals surface area (Å²) >= 11 is 5.99. The van der Waals surface area contributed by atoms with Crippen molar-refractivity contribution in [2.45, 2.75) is 33.1 Å². The molecule has 0 fully saturated rings. The quantitative estimate of drug-likeness (QED) is 0.557. The van der Waals surface area contributed by atoms with Gasteiger partial charge in [-0.3, -0.25) is 0 Å². The predicted octanol–water partition coefficient (Wildman–Crippen LogP) is 3.85. The first-order chi connectivity index (χ1) is 8.65. The van der Waals surface area contributed by atoms with Gasteiger partial charge in [0.25, 0.3) is 0 Å². The van der Waals surface area contributed by atoms with Gasteiger partial charge in [0.1, 0.15) is 0 Å². The van der Waals surface area contributed by atoms with Gasteiger partial charge in [0, 0.05) is 25.4 Å². The van der Waals surface area contributed by atoms with Crippen LogP contribution in [0.4, 0.5) is 11.4 Å². The smallest absolute Gasteiger partial charge is 0.0656 e. The molecule has 0 heterocycles. The molecule has 18 heavy (non-hydrogen) atoms. The van der Waals surface area contributed by atoms with Crippen LogP contribution in [0.25, 0.3) is 0 Å². The third kappa shape index (κ3) is 5.15. The highest BCUT2D eigenvalue weighted by Crippen LogP contribution is 2.26. The zero-order valence-corrected chi connectivity index (χ0v) is 12.0. The Labute approximate surface area is 115 Å². The van der Waals surface area contributed by atoms with E-state index in [9.17, 15) is 0 Å². The second-order valence-electron chi connectivity index (χ2n) is 4.43. The van der Waals surface area contributed by atoms with E-state index >= 15 is 0 Å². The molecule has 1 aromatic carbocycles. The van der Waals surface area contributed by atoms with Crippen LogP contribution in [0.15, 0.2) is 12.1 Å². The minimum absolute atomic E-state index is 0.599. The molecule has 0 amide bonds. The molecule has 3 N–H and O–H groups in total. The number of unbranched alkanes of at least 4 members (excludes halogenated alkanes) is 1. The molecule has 0 spiro atoms. The third-order valence-electron chi connectivity index (χ3n) is 2.77. The highest BCUT2D eigenvalue weighted by atomic mass is 35.5. The zero-order valence-electron chi connectivity index (χ0n) is 11.3. The van der Waals surface area contributed by atoms with E-state index in [1.165, 1.54) is 6.42 Å². The van der Waals surface area contributed by atoms with Gasteiger partial charge in [0.2, 0.25) is 0 Å². The van der Waals surface area contributed by atoms with E-state index in [4.69, 9.17) is 22.1 Å². The summed E-state index contributed by atoms with van der Waals surface area (Å²) in [7, 11) is 0. The number of halogens is 1. The lowest BCUT2D eigenvalue weighted by atomic mass is 10.2. The molecule has 1 rings (SSSR count). The molecule has 0 aromatic heterocycles. The lowest BCUT2D eigenvalue weighted by Crippen LogP contribution is -2.07. The van der Waals surface area contributed by atoms with Gasteiger partial charge in [-0.2, -0.15) is 0 Å². The summed E-state index contributed by atoms with van der Waals surface area (Å²) in [6.45, 7) is 6.73. The zero-order chi connectivity index (χ0) is 13.4. The van der Waals surface area contributed by atoms with Crippen molar-refractivity contribution in [3.63, 3.8) is 0 Å². The SMILES string of the molecule is CCCCOCCCNc1cc(Cl)c(N)cc1C. The Morgan fingerprint density at radius 3 is 2.72 bits per heavy atom. The molecule has 0 aliphatic rings. The standard InChI is InChI=1S/C14H23ClN2O/c1-3-4-7-18-8-5-6-17-14-10-12(15)13(16)9-11(14)2/h9-10,17H,3-8,16H2,1-2H3. The largest absolute Gasteiger partial charge is 0.398 e. The first-order valence-electron chi connectivity index (χ1n) is 6.52. The van der Waals surface area contributed by atoms with Crippen molar-refractivity contribution >= 4 is 23.0 Å². The average molecular weight is 271 g/mol. The van der Waals surface area contributed by atoms with Crippen molar-refractivity contribution in [2.75, 3.05) is 30.8 Å². The van der Waals surface area contributed by atoms with E-state index in [0.29, 0.717) is 10.7 Å². The Bertz CT molecular complexity index is 369. The van der Waals surface area contributed by atoms with Crippen molar-refractivity contribution in [2.24, 2.45) is 0 Å². The fourth-order valence-electron chi connectivity index (χ4n) is 1.64. The number of nitrogens with one attached hydrogen (secondary N) is 1. The van der Waals surface area contributed by atoms with E-state index in [0.717, 1.165) is 43.9 Å². The van der Waals surface area contributed by atoms with E-state index in [1.807, 2.05) is 19.1 Å². The number of rotatable bonds is 8. The number of aryl methyl sites for hydroxylation is 1. The van der Waals surface area contributed by atoms with Gasteiger partial charge in [-0.15, -0.1) is 0 Å². The van der Waals surface area contributed by atoms with Gasteiger partial charge in [-0.05, 0) is 37.5 Å². The minimum atomic E-state index is 0.599. The van der Waals surface area contributed by atoms with Crippen LogP contribution in [-0.4, -0.2) is 19.8 Å². The van der Waals surface area contributed by atoms with Crippen LogP contribution in [0.3, 0.4) is 0 Å². The predicted molar refractivity (Wildman–Crippen MR) is 79.4 cm³/mol. The highest BCUT2D eigenvalue weighted by molar-refractivity contribution is 6.33. The molecular formula is C14H23ClN2O. The maximum atomic E-state index is 5.99. The monoisotopic (exact) mass is 270 g/mol. The lowest BCUT2D eigenvalue weighted by molar-refractivity contribution is 0.131. The number of hydrogen-bond donors (Lipinski definition) is 2. The number of nitrogens with two attached hydrogens (primary N) is 1. The molecule has 0 atom stereocenters. The molecule has 102 valence electrons. The Hall–Kier alpha value is -0.930. The van der Waals surface area contributed by atoms with Crippen molar-refractivity contribution in [3.05, 3.63) is 22.7 Å². The van der Waals surface area contributed by atoms with Crippen LogP contribution in [0.5, 0.6) is 0 Å². The third-order valence-corrected chi connectivity index (χ3v) is 3.09. The lowest BCUT2D eigenvalue weighted by Gasteiger charge is -2.11. The molecule has 0 bridgehead atoms. The molecule has 0 aliphatic heterocycles. The van der Waals surface area contributed by atoms with Crippen LogP contribution >= 0.6 is 11.6 Å². The fourth-order valence-corrected chi connectivity index (χ4v) is 1.80. The second-order valence-corrected chi connectivity index (χ2v) is 4.84. The summed E-state index contributed by atoms with van der Waals surface area (Å²) in [6.07, 6.45) is 3.31. The molecular weight excluding hydrogens is 248 g/mol. The van der Waals surface area contributed by atoms with Gasteiger partial charge in [-0.25, -0.2) is 0 Å². The number of nitrogen functional groups attached to an aromatic ring is 1. The van der Waals surface area contributed by atoms with Crippen molar-refractivity contribution in [3.8, 4) is 0 Å². The summed E-state index contributed by atoms with van der Waals surface area (Å²) in [5.74, 6) is 0. The number of benzene rings is 1. The summed E-state index contributed by atoms with van der Waals surface area (Å²) in [6, 6.07) is 3.77. The van der Waals surface area contributed by atoms with Crippen LogP contribution in [0.1, 0.15) is 31.7 Å². The normalized spacial score (nSPS) is 10.6. The van der Waals surface area contributed by atoms with E-state index in [2.05, 4.69) is 12.2 Å². The molecule has 0 saturated carbocycles. The number of ether oxygens (including phenoxy) is 1. The summed E-state index contributed by atoms with van der Waals surface area (Å²) in [5, 5.41) is 3.95. The minimum Gasteiger partial charge on any atom is -0.398 e. The highest BCUT2D eigenvalue weighted by Gasteiger charge is 2.02. The van der Waals surface area contributed by atoms with Crippen molar-refractivity contribution in [1.29, 1.82) is 0 Å². The summed E-state index contributed by atoms with van der Waals surface area (Å²) in [4.78, 5) is 0. The Morgan fingerprint density at radius 2 is 2.00 bits per heavy atom. The maximum Gasteiger partial charge on any atom is 0.0656 e. The van der Waals surface area contributed by atoms with Gasteiger partial charge in [-0.1, -0.05) is 24.9 Å². The average Bonchev–Trinajstić information content (AvgIpc) is 2.34. The first-order valence-corrected chi connectivity index (χ1v) is 6.90. The van der Waals surface area contributed by atoms with E-state index in [1.54, 1.807) is 0 Å². The molecule has 3 nitrogen and oxygen atoms in total. The first kappa shape index (κ1) is 15.1. The van der Waals surface area contributed by atoms with Crippen LogP contribution < -0.4 is 11.1 Å². The molecule has 0 unspecified atom stereocenters. The Balaban J connectivity index is 2.25. The van der Waals surface area contributed by atoms with Crippen molar-refractivity contribution in [1.82, 2.24) is 0 Å². The summed E-state index contributed by atoms with van der Waals surface area (Å²) in [5.41, 5.74) is 8.52.